The Morgan fingerprint density at radius 2 is 2.18 bits per heavy atom. The Balaban J connectivity index is 2.08. The zero-order valence-electron chi connectivity index (χ0n) is 12.0. The van der Waals surface area contributed by atoms with Crippen LogP contribution in [0.3, 0.4) is 0 Å². The normalized spacial score (nSPS) is 16.9. The van der Waals surface area contributed by atoms with Crippen molar-refractivity contribution in [1.82, 2.24) is 14.3 Å². The SMILES string of the molecule is COn1c(=O)n2c3c(c(Br)ccc31)CCC2c1ccccn1. The molecule has 0 saturated carbocycles. The van der Waals surface area contributed by atoms with Crippen LogP contribution in [-0.4, -0.2) is 21.4 Å². The Kier molecular flexibility index (Phi) is 3.07. The highest BCUT2D eigenvalue weighted by Crippen LogP contribution is 2.36. The molecular weight excluding hydrogens is 346 g/mol. The van der Waals surface area contributed by atoms with E-state index in [1.54, 1.807) is 6.20 Å². The van der Waals surface area contributed by atoms with Crippen molar-refractivity contribution in [2.75, 3.05) is 7.11 Å². The average Bonchev–Trinajstić information content (AvgIpc) is 2.85. The Hall–Kier alpha value is -2.08. The Morgan fingerprint density at radius 3 is 2.91 bits per heavy atom. The molecule has 0 aliphatic carbocycles. The molecule has 1 atom stereocenters. The highest BCUT2D eigenvalue weighted by Gasteiger charge is 2.29. The molecule has 22 heavy (non-hydrogen) atoms. The topological polar surface area (TPSA) is 49.0 Å². The smallest absolute Gasteiger partial charge is 0.362 e. The molecule has 112 valence electrons. The molecule has 1 unspecified atom stereocenters. The third-order valence-electron chi connectivity index (χ3n) is 4.24. The van der Waals surface area contributed by atoms with Gasteiger partial charge in [0.05, 0.1) is 17.3 Å². The molecule has 6 heteroatoms. The van der Waals surface area contributed by atoms with Gasteiger partial charge in [-0.2, -0.15) is 0 Å². The second-order valence-corrected chi connectivity index (χ2v) is 6.19. The first-order chi connectivity index (χ1) is 10.7. The zero-order chi connectivity index (χ0) is 15.3. The molecule has 0 spiro atoms. The van der Waals surface area contributed by atoms with Crippen LogP contribution in [0.1, 0.15) is 23.7 Å². The fraction of sp³-hybridized carbons (Fsp3) is 0.250. The van der Waals surface area contributed by atoms with Gasteiger partial charge in [-0.15, -0.1) is 4.73 Å². The highest BCUT2D eigenvalue weighted by molar-refractivity contribution is 9.10. The Morgan fingerprint density at radius 1 is 1.32 bits per heavy atom. The summed E-state index contributed by atoms with van der Waals surface area (Å²) < 4.78 is 4.19. The van der Waals surface area contributed by atoms with Crippen molar-refractivity contribution in [1.29, 1.82) is 0 Å². The van der Waals surface area contributed by atoms with E-state index in [0.717, 1.165) is 39.6 Å². The summed E-state index contributed by atoms with van der Waals surface area (Å²) >= 11 is 3.60. The fourth-order valence-electron chi connectivity index (χ4n) is 3.30. The summed E-state index contributed by atoms with van der Waals surface area (Å²) in [4.78, 5) is 22.5. The van der Waals surface area contributed by atoms with Crippen LogP contribution in [0.5, 0.6) is 0 Å². The van der Waals surface area contributed by atoms with Gasteiger partial charge < -0.3 is 4.84 Å². The lowest BCUT2D eigenvalue weighted by atomic mass is 9.97. The third kappa shape index (κ3) is 1.76. The molecule has 0 N–H and O–H groups in total. The first kappa shape index (κ1) is 13.6. The van der Waals surface area contributed by atoms with Crippen molar-refractivity contribution in [2.24, 2.45) is 0 Å². The van der Waals surface area contributed by atoms with Crippen LogP contribution >= 0.6 is 15.9 Å². The molecule has 2 aromatic heterocycles. The minimum Gasteiger partial charge on any atom is -0.412 e. The van der Waals surface area contributed by atoms with Crippen LogP contribution in [0.25, 0.3) is 11.0 Å². The van der Waals surface area contributed by atoms with Crippen molar-refractivity contribution in [2.45, 2.75) is 18.9 Å². The van der Waals surface area contributed by atoms with Gasteiger partial charge in [-0.3, -0.25) is 9.55 Å². The molecule has 3 heterocycles. The van der Waals surface area contributed by atoms with Crippen LogP contribution < -0.4 is 10.5 Å². The van der Waals surface area contributed by atoms with Crippen molar-refractivity contribution < 1.29 is 4.84 Å². The molecule has 1 aromatic carbocycles. The van der Waals surface area contributed by atoms with Gasteiger partial charge in [0.1, 0.15) is 12.6 Å². The molecular formula is C16H14BrN3O2. The molecule has 4 rings (SSSR count). The highest BCUT2D eigenvalue weighted by atomic mass is 79.9. The second kappa shape index (κ2) is 4.98. The van der Waals surface area contributed by atoms with Gasteiger partial charge in [0.25, 0.3) is 0 Å². The van der Waals surface area contributed by atoms with Crippen LogP contribution in [0.2, 0.25) is 0 Å². The number of nitrogens with zero attached hydrogens (tertiary/aromatic N) is 3. The molecule has 0 amide bonds. The quantitative estimate of drug-likeness (QED) is 0.706. The summed E-state index contributed by atoms with van der Waals surface area (Å²) in [6.45, 7) is 0. The van der Waals surface area contributed by atoms with Crippen LogP contribution in [0.4, 0.5) is 0 Å². The minimum atomic E-state index is -0.160. The molecule has 0 fully saturated rings. The molecule has 1 aliphatic rings. The molecule has 5 nitrogen and oxygen atoms in total. The van der Waals surface area contributed by atoms with E-state index in [2.05, 4.69) is 20.9 Å². The maximum Gasteiger partial charge on any atom is 0.362 e. The predicted octanol–water partition coefficient (Wildman–Crippen LogP) is 2.55. The number of aromatic nitrogens is 3. The summed E-state index contributed by atoms with van der Waals surface area (Å²) in [5, 5.41) is 0. The third-order valence-corrected chi connectivity index (χ3v) is 4.98. The summed E-state index contributed by atoms with van der Waals surface area (Å²) in [5.74, 6) is 0. The van der Waals surface area contributed by atoms with E-state index >= 15 is 0 Å². The summed E-state index contributed by atoms with van der Waals surface area (Å²) in [6, 6.07) is 9.62. The molecule has 0 bridgehead atoms. The number of benzene rings is 1. The molecule has 1 aliphatic heterocycles. The standard InChI is InChI=1S/C16H14BrN3O2/c1-22-20-14-8-6-11(17)10-5-7-13(12-4-2-3-9-18-12)19(15(10)14)16(20)21/h2-4,6,8-9,13H,5,7H2,1H3. The largest absolute Gasteiger partial charge is 0.412 e. The lowest BCUT2D eigenvalue weighted by Gasteiger charge is -2.24. The van der Waals surface area contributed by atoms with Gasteiger partial charge in [0.2, 0.25) is 0 Å². The first-order valence-electron chi connectivity index (χ1n) is 7.12. The fourth-order valence-corrected chi connectivity index (χ4v) is 3.81. The Bertz CT molecular complexity index is 915. The van der Waals surface area contributed by atoms with E-state index in [-0.39, 0.29) is 11.7 Å². The van der Waals surface area contributed by atoms with Gasteiger partial charge in [0.15, 0.2) is 0 Å². The molecule has 0 radical (unpaired) electrons. The van der Waals surface area contributed by atoms with E-state index in [0.29, 0.717) is 0 Å². The van der Waals surface area contributed by atoms with Gasteiger partial charge in [-0.05, 0) is 42.7 Å². The molecule has 0 saturated heterocycles. The first-order valence-corrected chi connectivity index (χ1v) is 7.91. The van der Waals surface area contributed by atoms with Gasteiger partial charge in [0, 0.05) is 10.7 Å². The van der Waals surface area contributed by atoms with Crippen molar-refractivity contribution in [3.63, 3.8) is 0 Å². The van der Waals surface area contributed by atoms with Crippen molar-refractivity contribution in [3.8, 4) is 0 Å². The number of rotatable bonds is 2. The number of aryl methyl sites for hydroxylation is 1. The summed E-state index contributed by atoms with van der Waals surface area (Å²) in [7, 11) is 1.51. The average molecular weight is 360 g/mol. The number of hydrogen-bond acceptors (Lipinski definition) is 3. The summed E-state index contributed by atoms with van der Waals surface area (Å²) in [6.07, 6.45) is 3.50. The maximum absolute atomic E-state index is 12.8. The van der Waals surface area contributed by atoms with Crippen LogP contribution in [-0.2, 0) is 6.42 Å². The number of pyridine rings is 1. The van der Waals surface area contributed by atoms with E-state index in [1.165, 1.54) is 11.8 Å². The van der Waals surface area contributed by atoms with E-state index in [4.69, 9.17) is 4.84 Å². The lowest BCUT2D eigenvalue weighted by molar-refractivity contribution is 0.164. The number of imidazole rings is 1. The number of hydrogen-bond donors (Lipinski definition) is 0. The molecule has 3 aromatic rings. The van der Waals surface area contributed by atoms with E-state index in [9.17, 15) is 4.79 Å². The van der Waals surface area contributed by atoms with Gasteiger partial charge >= 0.3 is 5.69 Å². The second-order valence-electron chi connectivity index (χ2n) is 5.33. The number of halogens is 1. The zero-order valence-corrected chi connectivity index (χ0v) is 13.6. The summed E-state index contributed by atoms with van der Waals surface area (Å²) in [5.41, 5.74) is 3.63. The maximum atomic E-state index is 12.8. The van der Waals surface area contributed by atoms with Crippen molar-refractivity contribution >= 4 is 27.0 Å². The van der Waals surface area contributed by atoms with Crippen molar-refractivity contribution in [3.05, 3.63) is 62.7 Å². The van der Waals surface area contributed by atoms with E-state index < -0.39 is 0 Å². The van der Waals surface area contributed by atoms with E-state index in [1.807, 2.05) is 34.9 Å². The Labute approximate surface area is 135 Å². The minimum absolute atomic E-state index is 0.0607. The predicted molar refractivity (Wildman–Crippen MR) is 87.1 cm³/mol. The van der Waals surface area contributed by atoms with Gasteiger partial charge in [-0.1, -0.05) is 22.0 Å². The lowest BCUT2D eigenvalue weighted by Crippen LogP contribution is -2.32. The van der Waals surface area contributed by atoms with Gasteiger partial charge in [-0.25, -0.2) is 4.79 Å². The van der Waals surface area contributed by atoms with Crippen LogP contribution in [0.15, 0.2) is 45.8 Å². The van der Waals surface area contributed by atoms with Crippen LogP contribution in [0, 0.1) is 0 Å². The monoisotopic (exact) mass is 359 g/mol.